The van der Waals surface area contributed by atoms with Crippen LogP contribution in [-0.2, 0) is 4.79 Å². The lowest BCUT2D eigenvalue weighted by Gasteiger charge is -2.32. The predicted molar refractivity (Wildman–Crippen MR) is 42.6 cm³/mol. The lowest BCUT2D eigenvalue weighted by molar-refractivity contribution is -0.154. The van der Waals surface area contributed by atoms with Gasteiger partial charge in [0.15, 0.2) is 0 Å². The monoisotopic (exact) mass is 170 g/mol. The summed E-state index contributed by atoms with van der Waals surface area (Å²) in [7, 11) is 0. The summed E-state index contributed by atoms with van der Waals surface area (Å²) in [5, 5.41) is 18.5. The van der Waals surface area contributed by atoms with Crippen molar-refractivity contribution in [3.8, 4) is 0 Å². The molecule has 0 aromatic carbocycles. The molecule has 3 nitrogen and oxygen atoms in total. The van der Waals surface area contributed by atoms with E-state index in [0.29, 0.717) is 5.92 Å². The van der Waals surface area contributed by atoms with Crippen molar-refractivity contribution in [3.63, 3.8) is 0 Å². The maximum absolute atomic E-state index is 10.9. The first-order valence-corrected chi connectivity index (χ1v) is 4.45. The van der Waals surface area contributed by atoms with E-state index in [1.165, 1.54) is 0 Å². The van der Waals surface area contributed by atoms with E-state index in [2.05, 4.69) is 0 Å². The van der Waals surface area contributed by atoms with Crippen LogP contribution in [0.15, 0.2) is 0 Å². The zero-order chi connectivity index (χ0) is 8.93. The zero-order valence-corrected chi connectivity index (χ0v) is 7.16. The molecule has 0 spiro atoms. The van der Waals surface area contributed by atoms with Gasteiger partial charge in [0.1, 0.15) is 0 Å². The number of aliphatic carboxylic acids is 1. The van der Waals surface area contributed by atoms with E-state index in [-0.39, 0.29) is 12.0 Å². The SMILES string of the molecule is CC1(C(=O)O)CC2CC(O)C1C2. The van der Waals surface area contributed by atoms with E-state index in [1.807, 2.05) is 0 Å². The van der Waals surface area contributed by atoms with Crippen molar-refractivity contribution < 1.29 is 15.0 Å². The van der Waals surface area contributed by atoms with Crippen molar-refractivity contribution >= 4 is 5.97 Å². The zero-order valence-electron chi connectivity index (χ0n) is 7.16. The lowest BCUT2D eigenvalue weighted by atomic mass is 9.73. The van der Waals surface area contributed by atoms with Gasteiger partial charge in [-0.2, -0.15) is 0 Å². The third-order valence-electron chi connectivity index (χ3n) is 3.65. The Labute approximate surface area is 71.4 Å². The van der Waals surface area contributed by atoms with Crippen LogP contribution in [0.3, 0.4) is 0 Å². The van der Waals surface area contributed by atoms with Gasteiger partial charge in [-0.1, -0.05) is 0 Å². The average molecular weight is 170 g/mol. The first-order valence-electron chi connectivity index (χ1n) is 4.45. The summed E-state index contributed by atoms with van der Waals surface area (Å²) in [6, 6.07) is 0. The number of aliphatic hydroxyl groups excluding tert-OH is 1. The Balaban J connectivity index is 2.26. The van der Waals surface area contributed by atoms with Crippen molar-refractivity contribution in [3.05, 3.63) is 0 Å². The topological polar surface area (TPSA) is 57.5 Å². The molecule has 3 heteroatoms. The van der Waals surface area contributed by atoms with E-state index in [4.69, 9.17) is 5.11 Å². The summed E-state index contributed by atoms with van der Waals surface area (Å²) in [5.74, 6) is -0.292. The highest BCUT2D eigenvalue weighted by Crippen LogP contribution is 2.55. The number of carbonyl (C=O) groups is 1. The minimum absolute atomic E-state index is 0.000000000000000222. The number of rotatable bonds is 1. The Hall–Kier alpha value is -0.570. The lowest BCUT2D eigenvalue weighted by Crippen LogP contribution is -2.39. The molecular weight excluding hydrogens is 156 g/mol. The van der Waals surface area contributed by atoms with Gasteiger partial charge in [-0.05, 0) is 32.1 Å². The van der Waals surface area contributed by atoms with Crippen LogP contribution in [-0.4, -0.2) is 22.3 Å². The fourth-order valence-corrected chi connectivity index (χ4v) is 2.97. The molecule has 68 valence electrons. The maximum atomic E-state index is 10.9. The molecule has 0 heterocycles. The van der Waals surface area contributed by atoms with Gasteiger partial charge in [0.2, 0.25) is 0 Å². The number of aliphatic hydroxyl groups is 1. The summed E-state index contributed by atoms with van der Waals surface area (Å²) in [4.78, 5) is 10.9. The van der Waals surface area contributed by atoms with E-state index >= 15 is 0 Å². The Morgan fingerprint density at radius 3 is 2.50 bits per heavy atom. The van der Waals surface area contributed by atoms with Crippen molar-refractivity contribution in [2.24, 2.45) is 17.3 Å². The van der Waals surface area contributed by atoms with Gasteiger partial charge < -0.3 is 10.2 Å². The first kappa shape index (κ1) is 8.05. The van der Waals surface area contributed by atoms with E-state index < -0.39 is 11.4 Å². The highest BCUT2D eigenvalue weighted by molar-refractivity contribution is 5.75. The van der Waals surface area contributed by atoms with Crippen molar-refractivity contribution in [1.29, 1.82) is 0 Å². The van der Waals surface area contributed by atoms with Gasteiger partial charge in [0.25, 0.3) is 0 Å². The second-order valence-electron chi connectivity index (χ2n) is 4.44. The molecule has 2 rings (SSSR count). The first-order chi connectivity index (χ1) is 5.54. The van der Waals surface area contributed by atoms with Gasteiger partial charge in [-0.25, -0.2) is 0 Å². The van der Waals surface area contributed by atoms with Crippen LogP contribution in [0.5, 0.6) is 0 Å². The molecule has 0 aliphatic heterocycles. The standard InChI is InChI=1S/C9H14O3/c1-9(8(11)12)4-5-2-6(9)7(10)3-5/h5-7,10H,2-4H2,1H3,(H,11,12). The fraction of sp³-hybridized carbons (Fsp3) is 0.889. The Morgan fingerprint density at radius 2 is 2.17 bits per heavy atom. The van der Waals surface area contributed by atoms with Gasteiger partial charge >= 0.3 is 5.97 Å². The Kier molecular flexibility index (Phi) is 1.49. The molecule has 0 saturated heterocycles. The molecule has 0 amide bonds. The Morgan fingerprint density at radius 1 is 1.50 bits per heavy atom. The third-order valence-corrected chi connectivity index (χ3v) is 3.65. The molecule has 2 bridgehead atoms. The number of fused-ring (bicyclic) bond motifs is 2. The maximum Gasteiger partial charge on any atom is 0.309 e. The highest BCUT2D eigenvalue weighted by atomic mass is 16.4. The summed E-state index contributed by atoms with van der Waals surface area (Å²) in [6.45, 7) is 1.77. The van der Waals surface area contributed by atoms with Crippen molar-refractivity contribution in [2.75, 3.05) is 0 Å². The van der Waals surface area contributed by atoms with Crippen molar-refractivity contribution in [2.45, 2.75) is 32.3 Å². The smallest absolute Gasteiger partial charge is 0.309 e. The van der Waals surface area contributed by atoms with E-state index in [0.717, 1.165) is 19.3 Å². The minimum Gasteiger partial charge on any atom is -0.481 e. The van der Waals surface area contributed by atoms with Crippen LogP contribution in [0.2, 0.25) is 0 Å². The van der Waals surface area contributed by atoms with Crippen LogP contribution < -0.4 is 0 Å². The average Bonchev–Trinajstić information content (AvgIpc) is 2.43. The largest absolute Gasteiger partial charge is 0.481 e. The summed E-state index contributed by atoms with van der Waals surface area (Å²) < 4.78 is 0. The van der Waals surface area contributed by atoms with E-state index in [1.54, 1.807) is 6.92 Å². The number of hydrogen-bond donors (Lipinski definition) is 2. The van der Waals surface area contributed by atoms with E-state index in [9.17, 15) is 9.90 Å². The van der Waals surface area contributed by atoms with Crippen LogP contribution in [0, 0.1) is 17.3 Å². The summed E-state index contributed by atoms with van der Waals surface area (Å²) in [6.07, 6.45) is 2.10. The normalized spacial score (nSPS) is 51.3. The highest BCUT2D eigenvalue weighted by Gasteiger charge is 2.56. The molecule has 12 heavy (non-hydrogen) atoms. The molecule has 4 atom stereocenters. The van der Waals surface area contributed by atoms with Gasteiger partial charge in [0.05, 0.1) is 11.5 Å². The Bertz CT molecular complexity index is 226. The van der Waals surface area contributed by atoms with Crippen LogP contribution >= 0.6 is 0 Å². The summed E-state index contributed by atoms with van der Waals surface area (Å²) >= 11 is 0. The second-order valence-corrected chi connectivity index (χ2v) is 4.44. The van der Waals surface area contributed by atoms with Crippen LogP contribution in [0.1, 0.15) is 26.2 Å². The molecular formula is C9H14O3. The predicted octanol–water partition coefficient (Wildman–Crippen LogP) is 0.868. The third kappa shape index (κ3) is 0.829. The molecule has 2 aliphatic carbocycles. The molecule has 0 aromatic rings. The van der Waals surface area contributed by atoms with Crippen LogP contribution in [0.25, 0.3) is 0 Å². The molecule has 0 radical (unpaired) electrons. The summed E-state index contributed by atoms with van der Waals surface area (Å²) in [5.41, 5.74) is -0.650. The van der Waals surface area contributed by atoms with Crippen molar-refractivity contribution in [1.82, 2.24) is 0 Å². The minimum atomic E-state index is -0.742. The molecule has 2 saturated carbocycles. The second kappa shape index (κ2) is 2.22. The van der Waals surface area contributed by atoms with Gasteiger partial charge in [-0.15, -0.1) is 0 Å². The molecule has 2 fully saturated rings. The molecule has 2 aliphatic rings. The van der Waals surface area contributed by atoms with Crippen LogP contribution in [0.4, 0.5) is 0 Å². The molecule has 2 N–H and O–H groups in total. The number of carboxylic acid groups (broad SMARTS) is 1. The number of hydrogen-bond acceptors (Lipinski definition) is 2. The molecule has 0 aromatic heterocycles. The van der Waals surface area contributed by atoms with Gasteiger partial charge in [-0.3, -0.25) is 4.79 Å². The molecule has 4 unspecified atom stereocenters. The fourth-order valence-electron chi connectivity index (χ4n) is 2.97. The number of carboxylic acids is 1. The van der Waals surface area contributed by atoms with Gasteiger partial charge in [0, 0.05) is 5.92 Å². The quantitative estimate of drug-likeness (QED) is 0.614.